The number of ketones is 1. The van der Waals surface area contributed by atoms with Gasteiger partial charge in [0.05, 0.1) is 11.7 Å². The number of rotatable bonds is 7. The maximum Gasteiger partial charge on any atom is 0.255 e. The van der Waals surface area contributed by atoms with Crippen LogP contribution in [0.3, 0.4) is 0 Å². The van der Waals surface area contributed by atoms with Crippen molar-refractivity contribution in [3.05, 3.63) is 58.0 Å². The van der Waals surface area contributed by atoms with E-state index in [0.717, 1.165) is 5.56 Å². The number of carbonyl (C=O) groups excluding carboxylic acids is 2. The van der Waals surface area contributed by atoms with Crippen LogP contribution in [0.2, 0.25) is 5.02 Å². The quantitative estimate of drug-likeness (QED) is 0.653. The highest BCUT2D eigenvalue weighted by molar-refractivity contribution is 6.30. The first kappa shape index (κ1) is 21.6. The maximum atomic E-state index is 13.0. The Bertz CT molecular complexity index is 870. The molecule has 0 spiro atoms. The van der Waals surface area contributed by atoms with Gasteiger partial charge in [0, 0.05) is 30.7 Å². The molecule has 1 saturated carbocycles. The first-order valence-electron chi connectivity index (χ1n) is 9.87. The molecule has 1 unspecified atom stereocenters. The minimum absolute atomic E-state index is 0.0221. The second-order valence-corrected chi connectivity index (χ2v) is 7.75. The van der Waals surface area contributed by atoms with Crippen molar-refractivity contribution in [1.82, 2.24) is 5.32 Å². The van der Waals surface area contributed by atoms with Gasteiger partial charge >= 0.3 is 0 Å². The van der Waals surface area contributed by atoms with E-state index in [2.05, 4.69) is 5.32 Å². The molecule has 1 aliphatic carbocycles. The fraction of sp³-hybridized carbons (Fsp3) is 0.455. The summed E-state index contributed by atoms with van der Waals surface area (Å²) in [5, 5.41) is 13.2. The molecule has 0 aliphatic heterocycles. The van der Waals surface area contributed by atoms with E-state index in [0.29, 0.717) is 30.7 Å². The molecule has 0 radical (unpaired) electrons. The van der Waals surface area contributed by atoms with E-state index in [9.17, 15) is 14.7 Å². The van der Waals surface area contributed by atoms with Crippen molar-refractivity contribution in [2.45, 2.75) is 57.3 Å². The SMILES string of the molecule is CCC(=O)c1cc(C(=O)NC2CCC(O)CC2)c(C(OC)c2cccc(Cl)c2)o1. The molecule has 3 rings (SSSR count). The number of ether oxygens (including phenoxy) is 1. The largest absolute Gasteiger partial charge is 0.454 e. The molecule has 1 atom stereocenters. The second-order valence-electron chi connectivity index (χ2n) is 7.31. The van der Waals surface area contributed by atoms with Gasteiger partial charge in [0.1, 0.15) is 6.10 Å². The number of hydrogen-bond acceptors (Lipinski definition) is 5. The normalized spacial score (nSPS) is 20.3. The first-order chi connectivity index (χ1) is 13.9. The van der Waals surface area contributed by atoms with Crippen molar-refractivity contribution in [3.63, 3.8) is 0 Å². The van der Waals surface area contributed by atoms with Crippen LogP contribution in [-0.4, -0.2) is 36.1 Å². The number of aliphatic hydroxyl groups is 1. The molecule has 0 bridgehead atoms. The number of Topliss-reactive ketones (excluding diaryl/α,β-unsaturated/α-hetero) is 1. The van der Waals surface area contributed by atoms with Gasteiger partial charge in [-0.1, -0.05) is 30.7 Å². The number of methoxy groups -OCH3 is 1. The number of halogens is 1. The zero-order valence-electron chi connectivity index (χ0n) is 16.6. The molecule has 1 aromatic carbocycles. The van der Waals surface area contributed by atoms with E-state index in [1.807, 2.05) is 6.07 Å². The Balaban J connectivity index is 1.93. The Morgan fingerprint density at radius 3 is 2.62 bits per heavy atom. The van der Waals surface area contributed by atoms with Crippen LogP contribution in [0.15, 0.2) is 34.7 Å². The summed E-state index contributed by atoms with van der Waals surface area (Å²) in [6, 6.07) is 8.57. The van der Waals surface area contributed by atoms with Gasteiger partial charge in [0.25, 0.3) is 5.91 Å². The minimum atomic E-state index is -0.680. The van der Waals surface area contributed by atoms with Gasteiger partial charge in [-0.15, -0.1) is 0 Å². The average Bonchev–Trinajstić information content (AvgIpc) is 3.15. The van der Waals surface area contributed by atoms with Crippen molar-refractivity contribution in [2.24, 2.45) is 0 Å². The number of aliphatic hydroxyl groups excluding tert-OH is 1. The third-order valence-electron chi connectivity index (χ3n) is 5.26. The first-order valence-corrected chi connectivity index (χ1v) is 10.2. The van der Waals surface area contributed by atoms with Crippen LogP contribution in [0, 0.1) is 0 Å². The average molecular weight is 420 g/mol. The van der Waals surface area contributed by atoms with Crippen LogP contribution in [0.4, 0.5) is 0 Å². The summed E-state index contributed by atoms with van der Waals surface area (Å²) in [5.74, 6) is -0.0906. The maximum absolute atomic E-state index is 13.0. The van der Waals surface area contributed by atoms with Gasteiger partial charge in [-0.25, -0.2) is 0 Å². The summed E-state index contributed by atoms with van der Waals surface area (Å²) < 4.78 is 11.4. The van der Waals surface area contributed by atoms with Gasteiger partial charge in [-0.05, 0) is 43.4 Å². The molecule has 1 amide bonds. The Kier molecular flexibility index (Phi) is 7.11. The third-order valence-corrected chi connectivity index (χ3v) is 5.49. The Labute approximate surface area is 175 Å². The molecule has 1 fully saturated rings. The van der Waals surface area contributed by atoms with Crippen molar-refractivity contribution in [2.75, 3.05) is 7.11 Å². The van der Waals surface area contributed by atoms with Crippen LogP contribution in [-0.2, 0) is 4.74 Å². The van der Waals surface area contributed by atoms with Crippen LogP contribution >= 0.6 is 11.6 Å². The zero-order valence-corrected chi connectivity index (χ0v) is 17.4. The molecule has 7 heteroatoms. The Morgan fingerprint density at radius 2 is 2.00 bits per heavy atom. The molecule has 156 valence electrons. The Morgan fingerprint density at radius 1 is 1.28 bits per heavy atom. The monoisotopic (exact) mass is 419 g/mol. The molecule has 2 aromatic rings. The van der Waals surface area contributed by atoms with E-state index in [4.69, 9.17) is 20.8 Å². The van der Waals surface area contributed by atoms with Crippen LogP contribution in [0.5, 0.6) is 0 Å². The molecule has 1 aromatic heterocycles. The predicted molar refractivity (Wildman–Crippen MR) is 109 cm³/mol. The van der Waals surface area contributed by atoms with Crippen LogP contribution < -0.4 is 5.32 Å². The van der Waals surface area contributed by atoms with E-state index in [-0.39, 0.29) is 47.3 Å². The van der Waals surface area contributed by atoms with Gasteiger partial charge in [0.2, 0.25) is 0 Å². The molecule has 0 saturated heterocycles. The van der Waals surface area contributed by atoms with E-state index >= 15 is 0 Å². The van der Waals surface area contributed by atoms with Crippen molar-refractivity contribution in [3.8, 4) is 0 Å². The van der Waals surface area contributed by atoms with Gasteiger partial charge < -0.3 is 19.6 Å². The molecular formula is C22H26ClNO5. The zero-order chi connectivity index (χ0) is 21.0. The van der Waals surface area contributed by atoms with E-state index in [1.54, 1.807) is 25.1 Å². The fourth-order valence-electron chi connectivity index (χ4n) is 3.64. The van der Waals surface area contributed by atoms with Crippen LogP contribution in [0.1, 0.15) is 77.4 Å². The number of carbonyl (C=O) groups is 2. The number of amides is 1. The highest BCUT2D eigenvalue weighted by atomic mass is 35.5. The molecular weight excluding hydrogens is 394 g/mol. The predicted octanol–water partition coefficient (Wildman–Crippen LogP) is 4.29. The summed E-state index contributed by atoms with van der Waals surface area (Å²) in [6.45, 7) is 1.74. The number of hydrogen-bond donors (Lipinski definition) is 2. The lowest BCUT2D eigenvalue weighted by Gasteiger charge is -2.26. The molecule has 2 N–H and O–H groups in total. The van der Waals surface area contributed by atoms with Crippen LogP contribution in [0.25, 0.3) is 0 Å². The highest BCUT2D eigenvalue weighted by Gasteiger charge is 2.30. The lowest BCUT2D eigenvalue weighted by atomic mass is 9.93. The minimum Gasteiger partial charge on any atom is -0.454 e. The summed E-state index contributed by atoms with van der Waals surface area (Å²) in [4.78, 5) is 25.2. The molecule has 6 nitrogen and oxygen atoms in total. The lowest BCUT2D eigenvalue weighted by molar-refractivity contribution is 0.0842. The van der Waals surface area contributed by atoms with E-state index in [1.165, 1.54) is 13.2 Å². The second kappa shape index (κ2) is 9.57. The van der Waals surface area contributed by atoms with Crippen molar-refractivity contribution >= 4 is 23.3 Å². The summed E-state index contributed by atoms with van der Waals surface area (Å²) in [7, 11) is 1.51. The van der Waals surface area contributed by atoms with Gasteiger partial charge in [-0.3, -0.25) is 9.59 Å². The number of furan rings is 1. The summed E-state index contributed by atoms with van der Waals surface area (Å²) in [5.41, 5.74) is 0.999. The molecule has 1 aliphatic rings. The van der Waals surface area contributed by atoms with Crippen molar-refractivity contribution in [1.29, 1.82) is 0 Å². The lowest BCUT2D eigenvalue weighted by Crippen LogP contribution is -2.38. The summed E-state index contributed by atoms with van der Waals surface area (Å²) in [6.07, 6.45) is 2.02. The molecule has 29 heavy (non-hydrogen) atoms. The summed E-state index contributed by atoms with van der Waals surface area (Å²) >= 11 is 6.11. The standard InChI is InChI=1S/C22H26ClNO5/c1-3-18(26)19-12-17(22(27)24-15-7-9-16(25)10-8-15)21(29-19)20(28-2)13-5-4-6-14(23)11-13/h4-6,11-12,15-16,20,25H,3,7-10H2,1-2H3,(H,24,27). The fourth-order valence-corrected chi connectivity index (χ4v) is 3.84. The number of nitrogens with one attached hydrogen (secondary N) is 1. The highest BCUT2D eigenvalue weighted by Crippen LogP contribution is 2.32. The topological polar surface area (TPSA) is 88.8 Å². The Hall–Kier alpha value is -2.15. The van der Waals surface area contributed by atoms with Gasteiger partial charge in [0.15, 0.2) is 17.3 Å². The van der Waals surface area contributed by atoms with Crippen molar-refractivity contribution < 1.29 is 23.8 Å². The van der Waals surface area contributed by atoms with Gasteiger partial charge in [-0.2, -0.15) is 0 Å². The smallest absolute Gasteiger partial charge is 0.255 e. The van der Waals surface area contributed by atoms with E-state index < -0.39 is 6.10 Å². The number of benzene rings is 1. The third kappa shape index (κ3) is 5.07. The molecule has 1 heterocycles.